The summed E-state index contributed by atoms with van der Waals surface area (Å²) in [6, 6.07) is 11.5. The summed E-state index contributed by atoms with van der Waals surface area (Å²) in [5.41, 5.74) is 2.68. The molecule has 3 nitrogen and oxygen atoms in total. The summed E-state index contributed by atoms with van der Waals surface area (Å²) in [4.78, 5) is 11.9. The number of imidazole rings is 1. The first-order valence-corrected chi connectivity index (χ1v) is 6.82. The quantitative estimate of drug-likeness (QED) is 0.746. The maximum atomic E-state index is 5.98. The van der Waals surface area contributed by atoms with Crippen LogP contribution in [0.15, 0.2) is 53.3 Å². The molecule has 0 radical (unpaired) electrons. The highest BCUT2D eigenvalue weighted by atomic mass is 79.9. The Labute approximate surface area is 123 Å². The molecule has 3 rings (SSSR count). The number of halogens is 2. The van der Waals surface area contributed by atoms with E-state index in [-0.39, 0.29) is 0 Å². The Morgan fingerprint density at radius 3 is 2.68 bits per heavy atom. The minimum Gasteiger partial charge on any atom is -0.337 e. The van der Waals surface area contributed by atoms with E-state index in [1.165, 1.54) is 0 Å². The Kier molecular flexibility index (Phi) is 3.36. The highest BCUT2D eigenvalue weighted by Gasteiger charge is 2.06. The third-order valence-electron chi connectivity index (χ3n) is 2.68. The fourth-order valence-electron chi connectivity index (χ4n) is 1.77. The molecule has 0 atom stereocenters. The van der Waals surface area contributed by atoms with Crippen LogP contribution in [0, 0.1) is 0 Å². The van der Waals surface area contributed by atoms with E-state index in [9.17, 15) is 0 Å². The molecule has 0 fully saturated rings. The molecule has 5 heteroatoms. The fraction of sp³-hybridized carbons (Fsp3) is 0. The average molecular weight is 335 g/mol. The highest BCUT2D eigenvalue weighted by Crippen LogP contribution is 2.23. The van der Waals surface area contributed by atoms with Gasteiger partial charge in [0.05, 0.1) is 17.6 Å². The zero-order valence-electron chi connectivity index (χ0n) is 9.77. The van der Waals surface area contributed by atoms with E-state index in [0.29, 0.717) is 5.02 Å². The molecule has 0 bridgehead atoms. The molecule has 2 heterocycles. The van der Waals surface area contributed by atoms with Crippen molar-refractivity contribution in [2.45, 2.75) is 0 Å². The van der Waals surface area contributed by atoms with Crippen molar-refractivity contribution in [3.05, 3.63) is 58.3 Å². The van der Waals surface area contributed by atoms with Crippen LogP contribution in [0.2, 0.25) is 5.02 Å². The van der Waals surface area contributed by atoms with Crippen molar-refractivity contribution in [3.8, 4) is 22.8 Å². The monoisotopic (exact) mass is 333 g/mol. The fourth-order valence-corrected chi connectivity index (χ4v) is 2.19. The molecular formula is C14H9BrClN3. The van der Waals surface area contributed by atoms with Crippen molar-refractivity contribution in [3.63, 3.8) is 0 Å². The van der Waals surface area contributed by atoms with Crippen LogP contribution < -0.4 is 0 Å². The number of pyridine rings is 1. The van der Waals surface area contributed by atoms with Crippen molar-refractivity contribution in [1.29, 1.82) is 0 Å². The summed E-state index contributed by atoms with van der Waals surface area (Å²) in [6.07, 6.45) is 3.53. The summed E-state index contributed by atoms with van der Waals surface area (Å²) < 4.78 is 0.950. The van der Waals surface area contributed by atoms with Gasteiger partial charge >= 0.3 is 0 Å². The van der Waals surface area contributed by atoms with Crippen molar-refractivity contribution in [2.75, 3.05) is 0 Å². The first kappa shape index (κ1) is 12.4. The van der Waals surface area contributed by atoms with Gasteiger partial charge in [0.1, 0.15) is 5.82 Å². The standard InChI is InChI=1S/C14H9BrClN3/c15-10-4-5-12(17-7-10)13-8-18-14(19-13)9-2-1-3-11(16)6-9/h1-8H,(H,18,19). The second-order valence-electron chi connectivity index (χ2n) is 4.02. The lowest BCUT2D eigenvalue weighted by atomic mass is 10.2. The third kappa shape index (κ3) is 2.69. The molecule has 3 aromatic rings. The van der Waals surface area contributed by atoms with Crippen LogP contribution in [-0.4, -0.2) is 15.0 Å². The van der Waals surface area contributed by atoms with Gasteiger partial charge in [0.15, 0.2) is 0 Å². The van der Waals surface area contributed by atoms with Gasteiger partial charge in [0, 0.05) is 21.3 Å². The molecule has 0 aliphatic carbocycles. The molecule has 2 aromatic heterocycles. The van der Waals surface area contributed by atoms with Gasteiger partial charge in [-0.05, 0) is 40.2 Å². The lowest BCUT2D eigenvalue weighted by molar-refractivity contribution is 1.26. The Hall–Kier alpha value is -1.65. The van der Waals surface area contributed by atoms with Crippen LogP contribution in [0.25, 0.3) is 22.8 Å². The molecule has 94 valence electrons. The van der Waals surface area contributed by atoms with Crippen LogP contribution in [-0.2, 0) is 0 Å². The zero-order valence-corrected chi connectivity index (χ0v) is 12.1. The molecule has 1 aromatic carbocycles. The Balaban J connectivity index is 1.97. The third-order valence-corrected chi connectivity index (χ3v) is 3.38. The smallest absolute Gasteiger partial charge is 0.137 e. The van der Waals surface area contributed by atoms with E-state index >= 15 is 0 Å². The van der Waals surface area contributed by atoms with Crippen LogP contribution in [0.4, 0.5) is 0 Å². The number of aromatic nitrogens is 3. The second-order valence-corrected chi connectivity index (χ2v) is 5.37. The molecule has 1 N–H and O–H groups in total. The summed E-state index contributed by atoms with van der Waals surface area (Å²) in [7, 11) is 0. The topological polar surface area (TPSA) is 41.6 Å². The minimum atomic E-state index is 0.692. The van der Waals surface area contributed by atoms with E-state index in [4.69, 9.17) is 11.6 Å². The van der Waals surface area contributed by atoms with Gasteiger partial charge in [-0.2, -0.15) is 0 Å². The molecule has 0 aliphatic rings. The molecule has 0 aliphatic heterocycles. The van der Waals surface area contributed by atoms with Gasteiger partial charge < -0.3 is 4.98 Å². The van der Waals surface area contributed by atoms with Crippen molar-refractivity contribution >= 4 is 27.5 Å². The summed E-state index contributed by atoms with van der Waals surface area (Å²) in [5, 5.41) is 0.692. The molecule has 0 saturated carbocycles. The summed E-state index contributed by atoms with van der Waals surface area (Å²) in [6.45, 7) is 0. The van der Waals surface area contributed by atoms with E-state index in [0.717, 1.165) is 27.2 Å². The minimum absolute atomic E-state index is 0.692. The van der Waals surface area contributed by atoms with Gasteiger partial charge in [0.25, 0.3) is 0 Å². The van der Waals surface area contributed by atoms with Crippen molar-refractivity contribution < 1.29 is 0 Å². The average Bonchev–Trinajstić information content (AvgIpc) is 2.89. The first-order valence-electron chi connectivity index (χ1n) is 5.65. The summed E-state index contributed by atoms with van der Waals surface area (Å²) in [5.74, 6) is 0.780. The number of rotatable bonds is 2. The number of nitrogens with zero attached hydrogens (tertiary/aromatic N) is 2. The normalized spacial score (nSPS) is 10.6. The zero-order chi connectivity index (χ0) is 13.2. The Bertz CT molecular complexity index is 707. The van der Waals surface area contributed by atoms with E-state index < -0.39 is 0 Å². The lowest BCUT2D eigenvalue weighted by Crippen LogP contribution is -1.83. The van der Waals surface area contributed by atoms with Crippen LogP contribution >= 0.6 is 27.5 Å². The van der Waals surface area contributed by atoms with Crippen molar-refractivity contribution in [2.24, 2.45) is 0 Å². The van der Waals surface area contributed by atoms with E-state index in [1.807, 2.05) is 36.4 Å². The molecular weight excluding hydrogens is 326 g/mol. The number of nitrogens with one attached hydrogen (secondary N) is 1. The van der Waals surface area contributed by atoms with Gasteiger partial charge in [-0.25, -0.2) is 4.98 Å². The number of benzene rings is 1. The van der Waals surface area contributed by atoms with E-state index in [2.05, 4.69) is 30.9 Å². The molecule has 0 amide bonds. The molecule has 19 heavy (non-hydrogen) atoms. The predicted octanol–water partition coefficient (Wildman–Crippen LogP) is 4.55. The highest BCUT2D eigenvalue weighted by molar-refractivity contribution is 9.10. The van der Waals surface area contributed by atoms with Gasteiger partial charge in [-0.15, -0.1) is 0 Å². The van der Waals surface area contributed by atoms with E-state index in [1.54, 1.807) is 12.4 Å². The van der Waals surface area contributed by atoms with Crippen LogP contribution in [0.1, 0.15) is 0 Å². The Morgan fingerprint density at radius 2 is 1.95 bits per heavy atom. The van der Waals surface area contributed by atoms with Crippen LogP contribution in [0.3, 0.4) is 0 Å². The SMILES string of the molecule is Clc1cccc(-c2ncc(-c3ccc(Br)cn3)[nH]2)c1. The number of hydrogen-bond acceptors (Lipinski definition) is 2. The van der Waals surface area contributed by atoms with Crippen LogP contribution in [0.5, 0.6) is 0 Å². The largest absolute Gasteiger partial charge is 0.337 e. The lowest BCUT2D eigenvalue weighted by Gasteiger charge is -1.98. The second kappa shape index (κ2) is 5.15. The Morgan fingerprint density at radius 1 is 1.05 bits per heavy atom. The summed E-state index contributed by atoms with van der Waals surface area (Å²) >= 11 is 9.34. The maximum Gasteiger partial charge on any atom is 0.137 e. The van der Waals surface area contributed by atoms with Crippen molar-refractivity contribution in [1.82, 2.24) is 15.0 Å². The number of H-pyrrole nitrogens is 1. The first-order chi connectivity index (χ1) is 9.22. The molecule has 0 saturated heterocycles. The number of hydrogen-bond donors (Lipinski definition) is 1. The predicted molar refractivity (Wildman–Crippen MR) is 80.0 cm³/mol. The van der Waals surface area contributed by atoms with Gasteiger partial charge in [-0.1, -0.05) is 23.7 Å². The van der Waals surface area contributed by atoms with Gasteiger partial charge in [-0.3, -0.25) is 4.98 Å². The number of aromatic amines is 1. The molecule has 0 spiro atoms. The maximum absolute atomic E-state index is 5.98. The van der Waals surface area contributed by atoms with Gasteiger partial charge in [0.2, 0.25) is 0 Å². The molecule has 0 unspecified atom stereocenters.